The number of hydrogen-bond donors (Lipinski definition) is 3. The summed E-state index contributed by atoms with van der Waals surface area (Å²) in [6.45, 7) is 8.00. The van der Waals surface area contributed by atoms with E-state index >= 15 is 0 Å². The number of aromatic nitrogens is 1. The number of carbonyl (C=O) groups excluding carboxylic acids is 1. The second kappa shape index (κ2) is 9.36. The Morgan fingerprint density at radius 2 is 1.85 bits per heavy atom. The maximum atomic E-state index is 14.9. The Balaban J connectivity index is 0.000000614. The highest BCUT2D eigenvalue weighted by Crippen LogP contribution is 2.42. The minimum Gasteiger partial charge on any atom is -0.366 e. The topological polar surface area (TPSA) is 84.9 Å². The Bertz CT molecular complexity index is 797. The van der Waals surface area contributed by atoms with E-state index in [-0.39, 0.29) is 23.3 Å². The number of nitrogens with one attached hydrogen (secondary N) is 1. The molecule has 4 nitrogen and oxygen atoms in total. The molecule has 2 unspecified atom stereocenters. The molecule has 0 aliphatic heterocycles. The monoisotopic (exact) mass is 375 g/mol. The average Bonchev–Trinajstić information content (AvgIpc) is 3.26. The van der Waals surface area contributed by atoms with Crippen molar-refractivity contribution in [1.82, 2.24) is 4.98 Å². The molecule has 1 aromatic carbocycles. The van der Waals surface area contributed by atoms with Crippen molar-refractivity contribution in [2.24, 2.45) is 11.5 Å². The molecule has 1 heterocycles. The van der Waals surface area contributed by atoms with E-state index in [0.717, 1.165) is 67.1 Å². The third-order valence-corrected chi connectivity index (χ3v) is 5.50. The Labute approximate surface area is 161 Å². The Morgan fingerprint density at radius 3 is 2.48 bits per heavy atom. The van der Waals surface area contributed by atoms with Gasteiger partial charge in [-0.1, -0.05) is 34.1 Å². The molecule has 2 aliphatic carbocycles. The van der Waals surface area contributed by atoms with Crippen molar-refractivity contribution in [3.8, 4) is 0 Å². The highest BCUT2D eigenvalue weighted by atomic mass is 19.1. The van der Waals surface area contributed by atoms with E-state index < -0.39 is 5.91 Å². The van der Waals surface area contributed by atoms with Gasteiger partial charge in [0.15, 0.2) is 0 Å². The first-order valence-electron chi connectivity index (χ1n) is 10.5. The van der Waals surface area contributed by atoms with Gasteiger partial charge in [0, 0.05) is 22.7 Å². The number of carbonyl (C=O) groups is 1. The molecule has 2 aromatic rings. The predicted octanol–water partition coefficient (Wildman–Crippen LogP) is 4.93. The summed E-state index contributed by atoms with van der Waals surface area (Å²) in [7, 11) is 0. The lowest BCUT2D eigenvalue weighted by Crippen LogP contribution is -2.27. The van der Waals surface area contributed by atoms with E-state index in [1.54, 1.807) is 0 Å². The SMILES string of the molecule is CC.CC.NC(=O)c1cc(F)c(C2CCCC(N)C2)c2c3c([nH]c12)CCC3. The number of rotatable bonds is 2. The minimum absolute atomic E-state index is 0.128. The van der Waals surface area contributed by atoms with Crippen LogP contribution in [0.2, 0.25) is 0 Å². The van der Waals surface area contributed by atoms with Gasteiger partial charge in [-0.05, 0) is 56.1 Å². The second-order valence-electron chi connectivity index (χ2n) is 6.99. The van der Waals surface area contributed by atoms with Crippen molar-refractivity contribution in [2.45, 2.75) is 84.6 Å². The predicted molar refractivity (Wildman–Crippen MR) is 111 cm³/mol. The van der Waals surface area contributed by atoms with Gasteiger partial charge in [0.25, 0.3) is 5.91 Å². The number of halogens is 1. The van der Waals surface area contributed by atoms with Gasteiger partial charge in [-0.2, -0.15) is 0 Å². The van der Waals surface area contributed by atoms with Crippen LogP contribution in [-0.2, 0) is 12.8 Å². The fourth-order valence-electron chi connectivity index (χ4n) is 4.50. The molecule has 150 valence electrons. The Kier molecular flexibility index (Phi) is 7.42. The van der Waals surface area contributed by atoms with Crippen LogP contribution in [0, 0.1) is 5.82 Å². The molecule has 0 bridgehead atoms. The second-order valence-corrected chi connectivity index (χ2v) is 6.99. The largest absolute Gasteiger partial charge is 0.366 e. The zero-order chi connectivity index (χ0) is 20.1. The molecule has 0 spiro atoms. The van der Waals surface area contributed by atoms with Crippen LogP contribution in [0.5, 0.6) is 0 Å². The molecule has 4 rings (SSSR count). The van der Waals surface area contributed by atoms with Crippen LogP contribution < -0.4 is 11.5 Å². The Morgan fingerprint density at radius 1 is 1.15 bits per heavy atom. The standard InChI is InChI=1S/C18H22FN3O.2C2H6/c19-13-8-12(18(21)23)17-16(11-5-2-6-14(11)22-17)15(13)9-3-1-4-10(20)7-9;2*1-2/h8-10,22H,1-7,20H2,(H2,21,23);2*1-2H3. The molecule has 5 N–H and O–H groups in total. The normalized spacial score (nSPS) is 21.0. The summed E-state index contributed by atoms with van der Waals surface area (Å²) in [6.07, 6.45) is 6.75. The summed E-state index contributed by atoms with van der Waals surface area (Å²) in [5.41, 5.74) is 15.6. The van der Waals surface area contributed by atoms with Gasteiger partial charge in [-0.15, -0.1) is 0 Å². The molecular formula is C22H34FN3O. The van der Waals surface area contributed by atoms with Crippen molar-refractivity contribution in [2.75, 3.05) is 0 Å². The number of fused-ring (bicyclic) bond motifs is 3. The van der Waals surface area contributed by atoms with Crippen molar-refractivity contribution in [3.63, 3.8) is 0 Å². The molecule has 1 saturated carbocycles. The summed E-state index contributed by atoms with van der Waals surface area (Å²) in [6, 6.07) is 1.44. The number of aryl methyl sites for hydroxylation is 2. The number of hydrogen-bond acceptors (Lipinski definition) is 2. The van der Waals surface area contributed by atoms with Gasteiger partial charge < -0.3 is 16.5 Å². The zero-order valence-electron chi connectivity index (χ0n) is 17.1. The van der Waals surface area contributed by atoms with Crippen LogP contribution in [0.25, 0.3) is 10.9 Å². The summed E-state index contributed by atoms with van der Waals surface area (Å²) >= 11 is 0. The highest BCUT2D eigenvalue weighted by molar-refractivity contribution is 6.07. The van der Waals surface area contributed by atoms with Crippen LogP contribution >= 0.6 is 0 Å². The zero-order valence-corrected chi connectivity index (χ0v) is 17.1. The van der Waals surface area contributed by atoms with Gasteiger partial charge in [0.2, 0.25) is 0 Å². The van der Waals surface area contributed by atoms with Gasteiger partial charge in [0.05, 0.1) is 11.1 Å². The van der Waals surface area contributed by atoms with E-state index in [0.29, 0.717) is 0 Å². The molecule has 0 saturated heterocycles. The van der Waals surface area contributed by atoms with Crippen molar-refractivity contribution in [1.29, 1.82) is 0 Å². The van der Waals surface area contributed by atoms with Gasteiger partial charge in [-0.25, -0.2) is 4.39 Å². The third-order valence-electron chi connectivity index (χ3n) is 5.50. The summed E-state index contributed by atoms with van der Waals surface area (Å²) in [5, 5.41) is 0.908. The number of benzene rings is 1. The molecule has 1 aromatic heterocycles. The van der Waals surface area contributed by atoms with Crippen LogP contribution in [0.15, 0.2) is 6.07 Å². The number of H-pyrrole nitrogens is 1. The number of aromatic amines is 1. The lowest BCUT2D eigenvalue weighted by molar-refractivity contribution is 0.100. The van der Waals surface area contributed by atoms with Gasteiger partial charge >= 0.3 is 0 Å². The first kappa shape index (κ1) is 21.4. The lowest BCUT2D eigenvalue weighted by Gasteiger charge is -2.28. The maximum absolute atomic E-state index is 14.9. The van der Waals surface area contributed by atoms with E-state index in [2.05, 4.69) is 4.98 Å². The molecule has 5 heteroatoms. The van der Waals surface area contributed by atoms with Crippen LogP contribution in [0.3, 0.4) is 0 Å². The fraction of sp³-hybridized carbons (Fsp3) is 0.591. The summed E-state index contributed by atoms with van der Waals surface area (Å²) in [4.78, 5) is 15.1. The maximum Gasteiger partial charge on any atom is 0.250 e. The summed E-state index contributed by atoms with van der Waals surface area (Å²) in [5.74, 6) is -0.761. The molecule has 2 atom stereocenters. The van der Waals surface area contributed by atoms with Crippen LogP contribution in [0.1, 0.15) is 92.9 Å². The van der Waals surface area contributed by atoms with E-state index in [9.17, 15) is 9.18 Å². The smallest absolute Gasteiger partial charge is 0.250 e. The quantitative estimate of drug-likeness (QED) is 0.695. The molecule has 0 radical (unpaired) electrons. The molecule has 2 aliphatic rings. The first-order chi connectivity index (χ1) is 13.1. The highest BCUT2D eigenvalue weighted by Gasteiger charge is 2.30. The Hall–Kier alpha value is -1.88. The summed E-state index contributed by atoms with van der Waals surface area (Å²) < 4.78 is 14.9. The third kappa shape index (κ3) is 4.03. The first-order valence-corrected chi connectivity index (χ1v) is 10.5. The van der Waals surface area contributed by atoms with Gasteiger partial charge in [0.1, 0.15) is 5.82 Å². The molecule has 1 fully saturated rings. The lowest BCUT2D eigenvalue weighted by atomic mass is 9.79. The van der Waals surface area contributed by atoms with E-state index in [4.69, 9.17) is 11.5 Å². The number of nitrogens with two attached hydrogens (primary N) is 2. The minimum atomic E-state index is -0.583. The average molecular weight is 376 g/mol. The van der Waals surface area contributed by atoms with E-state index in [1.165, 1.54) is 11.6 Å². The van der Waals surface area contributed by atoms with E-state index in [1.807, 2.05) is 27.7 Å². The van der Waals surface area contributed by atoms with Crippen molar-refractivity contribution >= 4 is 16.8 Å². The fourth-order valence-corrected chi connectivity index (χ4v) is 4.50. The van der Waals surface area contributed by atoms with Crippen LogP contribution in [0.4, 0.5) is 4.39 Å². The molecule has 27 heavy (non-hydrogen) atoms. The molecular weight excluding hydrogens is 341 g/mol. The van der Waals surface area contributed by atoms with Crippen LogP contribution in [-0.4, -0.2) is 16.9 Å². The number of primary amides is 1. The number of amides is 1. The molecule has 1 amide bonds. The van der Waals surface area contributed by atoms with Crippen molar-refractivity contribution < 1.29 is 9.18 Å². The van der Waals surface area contributed by atoms with Crippen molar-refractivity contribution in [3.05, 3.63) is 34.3 Å². The van der Waals surface area contributed by atoms with Gasteiger partial charge in [-0.3, -0.25) is 4.79 Å².